The minimum Gasteiger partial charge on any atom is -0.356 e. The van der Waals surface area contributed by atoms with Crippen molar-refractivity contribution in [3.63, 3.8) is 0 Å². The van der Waals surface area contributed by atoms with Gasteiger partial charge < -0.3 is 10.6 Å². The maximum Gasteiger partial charge on any atom is 0.133 e. The van der Waals surface area contributed by atoms with E-state index in [0.717, 1.165) is 36.1 Å². The van der Waals surface area contributed by atoms with Gasteiger partial charge in [0, 0.05) is 30.9 Å². The summed E-state index contributed by atoms with van der Waals surface area (Å²) in [5.41, 5.74) is 8.43. The molecule has 2 rings (SSSR count). The van der Waals surface area contributed by atoms with Gasteiger partial charge in [-0.1, -0.05) is 26.8 Å². The molecule has 1 aromatic heterocycles. The fraction of sp³-hybridized carbons (Fsp3) is 0.667. The molecule has 0 saturated carbocycles. The van der Waals surface area contributed by atoms with Gasteiger partial charge >= 0.3 is 0 Å². The van der Waals surface area contributed by atoms with E-state index < -0.39 is 0 Å². The van der Waals surface area contributed by atoms with Crippen LogP contribution in [0.1, 0.15) is 38.4 Å². The molecule has 3 nitrogen and oxygen atoms in total. The van der Waals surface area contributed by atoms with Crippen LogP contribution in [0, 0.1) is 18.3 Å². The van der Waals surface area contributed by atoms with Gasteiger partial charge in [-0.05, 0) is 30.7 Å². The van der Waals surface area contributed by atoms with E-state index in [4.69, 9.17) is 5.73 Å². The van der Waals surface area contributed by atoms with Crippen LogP contribution in [0.4, 0.5) is 5.82 Å². The summed E-state index contributed by atoms with van der Waals surface area (Å²) in [5, 5.41) is 0. The van der Waals surface area contributed by atoms with E-state index >= 15 is 0 Å². The molecule has 2 N–H and O–H groups in total. The Morgan fingerprint density at radius 2 is 2.11 bits per heavy atom. The first-order valence-corrected chi connectivity index (χ1v) is 6.83. The number of rotatable bonds is 2. The van der Waals surface area contributed by atoms with Gasteiger partial charge in [-0.2, -0.15) is 0 Å². The molecule has 0 bridgehead atoms. The number of aryl methyl sites for hydroxylation is 1. The van der Waals surface area contributed by atoms with Gasteiger partial charge in [0.15, 0.2) is 0 Å². The average molecular weight is 247 g/mol. The van der Waals surface area contributed by atoms with Gasteiger partial charge in [-0.25, -0.2) is 4.98 Å². The predicted octanol–water partition coefficient (Wildman–Crippen LogP) is 2.72. The molecule has 0 aliphatic carbocycles. The summed E-state index contributed by atoms with van der Waals surface area (Å²) in [6, 6.07) is 4.16. The highest BCUT2D eigenvalue weighted by Gasteiger charge is 2.32. The zero-order valence-corrected chi connectivity index (χ0v) is 12.0. The molecule has 0 aromatic carbocycles. The number of hydrogen-bond acceptors (Lipinski definition) is 3. The maximum absolute atomic E-state index is 5.82. The molecule has 1 unspecified atom stereocenters. The topological polar surface area (TPSA) is 42.1 Å². The van der Waals surface area contributed by atoms with Crippen molar-refractivity contribution < 1.29 is 0 Å². The number of anilines is 1. The Kier molecular flexibility index (Phi) is 3.62. The van der Waals surface area contributed by atoms with Crippen molar-refractivity contribution in [3.8, 4) is 0 Å². The molecule has 0 spiro atoms. The minimum absolute atomic E-state index is 0.376. The Morgan fingerprint density at radius 1 is 1.39 bits per heavy atom. The van der Waals surface area contributed by atoms with Crippen LogP contribution in [0.25, 0.3) is 0 Å². The van der Waals surface area contributed by atoms with Crippen LogP contribution in [-0.4, -0.2) is 18.1 Å². The highest BCUT2D eigenvalue weighted by molar-refractivity contribution is 5.48. The average Bonchev–Trinajstić information content (AvgIpc) is 2.77. The first-order chi connectivity index (χ1) is 8.41. The van der Waals surface area contributed by atoms with Gasteiger partial charge in [0.25, 0.3) is 0 Å². The highest BCUT2D eigenvalue weighted by Crippen LogP contribution is 2.35. The lowest BCUT2D eigenvalue weighted by Crippen LogP contribution is -2.27. The lowest BCUT2D eigenvalue weighted by molar-refractivity contribution is 0.263. The lowest BCUT2D eigenvalue weighted by atomic mass is 9.80. The summed E-state index contributed by atoms with van der Waals surface area (Å²) in [4.78, 5) is 7.10. The van der Waals surface area contributed by atoms with E-state index in [1.807, 2.05) is 13.0 Å². The molecule has 1 aliphatic heterocycles. The monoisotopic (exact) mass is 247 g/mol. The molecular weight excluding hydrogens is 222 g/mol. The van der Waals surface area contributed by atoms with Crippen molar-refractivity contribution in [2.45, 2.75) is 40.7 Å². The normalized spacial score (nSPS) is 20.5. The van der Waals surface area contributed by atoms with Gasteiger partial charge in [0.2, 0.25) is 0 Å². The molecule has 1 fully saturated rings. The number of nitrogens with two attached hydrogens (primary N) is 1. The summed E-state index contributed by atoms with van der Waals surface area (Å²) >= 11 is 0. The summed E-state index contributed by atoms with van der Waals surface area (Å²) in [6.07, 6.45) is 1.25. The smallest absolute Gasteiger partial charge is 0.133 e. The molecule has 1 atom stereocenters. The Bertz CT molecular complexity index is 420. The van der Waals surface area contributed by atoms with Crippen LogP contribution in [0.15, 0.2) is 12.1 Å². The molecule has 1 aliphatic rings. The second-order valence-electron chi connectivity index (χ2n) is 6.44. The standard InChI is InChI=1S/C15H25N3/c1-11-5-6-12(9-16)14(17-11)18-8-7-13(10-18)15(2,3)4/h5-6,13H,7-10,16H2,1-4H3. The summed E-state index contributed by atoms with van der Waals surface area (Å²) < 4.78 is 0. The van der Waals surface area contributed by atoms with Crippen LogP contribution >= 0.6 is 0 Å². The van der Waals surface area contributed by atoms with Crippen LogP contribution < -0.4 is 10.6 Å². The first kappa shape index (κ1) is 13.3. The van der Waals surface area contributed by atoms with E-state index in [9.17, 15) is 0 Å². The third-order valence-electron chi connectivity index (χ3n) is 4.03. The molecule has 18 heavy (non-hydrogen) atoms. The quantitative estimate of drug-likeness (QED) is 0.873. The summed E-state index contributed by atoms with van der Waals surface area (Å²) in [6.45, 7) is 11.8. The molecule has 100 valence electrons. The van der Waals surface area contributed by atoms with Gasteiger partial charge in [-0.3, -0.25) is 0 Å². The second-order valence-corrected chi connectivity index (χ2v) is 6.44. The van der Waals surface area contributed by atoms with Crippen LogP contribution in [0.5, 0.6) is 0 Å². The Hall–Kier alpha value is -1.09. The SMILES string of the molecule is Cc1ccc(CN)c(N2CCC(C(C)(C)C)C2)n1. The van der Waals surface area contributed by atoms with Crippen LogP contribution in [-0.2, 0) is 6.54 Å². The number of hydrogen-bond donors (Lipinski definition) is 1. The predicted molar refractivity (Wildman–Crippen MR) is 76.6 cm³/mol. The van der Waals surface area contributed by atoms with Gasteiger partial charge in [0.1, 0.15) is 5.82 Å². The van der Waals surface area contributed by atoms with Crippen molar-refractivity contribution >= 4 is 5.82 Å². The Morgan fingerprint density at radius 3 is 2.67 bits per heavy atom. The van der Waals surface area contributed by atoms with E-state index in [0.29, 0.717) is 12.0 Å². The summed E-state index contributed by atoms with van der Waals surface area (Å²) in [7, 11) is 0. The molecular formula is C15H25N3. The van der Waals surface area contributed by atoms with Crippen LogP contribution in [0.2, 0.25) is 0 Å². The van der Waals surface area contributed by atoms with Crippen molar-refractivity contribution in [2.75, 3.05) is 18.0 Å². The minimum atomic E-state index is 0.376. The van der Waals surface area contributed by atoms with E-state index in [1.54, 1.807) is 0 Å². The second kappa shape index (κ2) is 4.88. The number of nitrogens with zero attached hydrogens (tertiary/aromatic N) is 2. The van der Waals surface area contributed by atoms with Crippen molar-refractivity contribution in [3.05, 3.63) is 23.4 Å². The van der Waals surface area contributed by atoms with Gasteiger partial charge in [-0.15, -0.1) is 0 Å². The first-order valence-electron chi connectivity index (χ1n) is 6.83. The van der Waals surface area contributed by atoms with E-state index in [-0.39, 0.29) is 0 Å². The maximum atomic E-state index is 5.82. The zero-order valence-electron chi connectivity index (χ0n) is 12.0. The fourth-order valence-corrected chi connectivity index (χ4v) is 2.66. The van der Waals surface area contributed by atoms with E-state index in [2.05, 4.69) is 36.7 Å². The molecule has 2 heterocycles. The van der Waals surface area contributed by atoms with Crippen molar-refractivity contribution in [1.82, 2.24) is 4.98 Å². The Balaban J connectivity index is 2.21. The largest absolute Gasteiger partial charge is 0.356 e. The fourth-order valence-electron chi connectivity index (χ4n) is 2.66. The van der Waals surface area contributed by atoms with Crippen molar-refractivity contribution in [2.24, 2.45) is 17.1 Å². The van der Waals surface area contributed by atoms with E-state index in [1.165, 1.54) is 6.42 Å². The highest BCUT2D eigenvalue weighted by atomic mass is 15.2. The third kappa shape index (κ3) is 2.66. The molecule has 1 aromatic rings. The molecule has 3 heteroatoms. The van der Waals surface area contributed by atoms with Gasteiger partial charge in [0.05, 0.1) is 0 Å². The summed E-state index contributed by atoms with van der Waals surface area (Å²) in [5.74, 6) is 1.84. The Labute approximate surface area is 110 Å². The molecule has 1 saturated heterocycles. The lowest BCUT2D eigenvalue weighted by Gasteiger charge is -2.27. The third-order valence-corrected chi connectivity index (χ3v) is 4.03. The van der Waals surface area contributed by atoms with Crippen molar-refractivity contribution in [1.29, 1.82) is 0 Å². The molecule has 0 amide bonds. The van der Waals surface area contributed by atoms with Crippen LogP contribution in [0.3, 0.4) is 0 Å². The number of aromatic nitrogens is 1. The molecule has 0 radical (unpaired) electrons. The zero-order chi connectivity index (χ0) is 13.3. The number of pyridine rings is 1.